The third kappa shape index (κ3) is 6.67. The van der Waals surface area contributed by atoms with Gasteiger partial charge in [-0.1, -0.05) is 12.1 Å². The molecule has 1 aliphatic rings. The summed E-state index contributed by atoms with van der Waals surface area (Å²) in [5, 5.41) is 17.8. The number of carbonyl (C=O) groups excluding carboxylic acids is 2. The Bertz CT molecular complexity index is 667. The summed E-state index contributed by atoms with van der Waals surface area (Å²) in [7, 11) is 1.66. The molecule has 2 heterocycles. The smallest absolute Gasteiger partial charge is 0.409 e. The molecule has 2 rings (SSSR count). The van der Waals surface area contributed by atoms with Gasteiger partial charge in [0.25, 0.3) is 0 Å². The second kappa shape index (κ2) is 11.1. The molecular weight excluding hydrogens is 378 g/mol. The topological polar surface area (TPSA) is 110 Å². The summed E-state index contributed by atoms with van der Waals surface area (Å²) in [6.07, 6.45) is 2.04. The van der Waals surface area contributed by atoms with E-state index in [1.807, 2.05) is 20.0 Å². The minimum atomic E-state index is -0.422. The predicted octanol–water partition coefficient (Wildman–Crippen LogP) is 0.891. The first-order valence-corrected chi connectivity index (χ1v) is 10.1. The molecule has 1 aromatic heterocycles. The molecule has 3 atom stereocenters. The summed E-state index contributed by atoms with van der Waals surface area (Å²) in [6, 6.07) is -0.295. The maximum Gasteiger partial charge on any atom is 0.409 e. The predicted molar refractivity (Wildman–Crippen MR) is 105 cm³/mol. The summed E-state index contributed by atoms with van der Waals surface area (Å²) < 4.78 is 12.9. The van der Waals surface area contributed by atoms with Crippen molar-refractivity contribution in [2.24, 2.45) is 5.92 Å². The van der Waals surface area contributed by atoms with E-state index < -0.39 is 6.09 Å². The van der Waals surface area contributed by atoms with Crippen molar-refractivity contribution >= 4 is 12.0 Å². The van der Waals surface area contributed by atoms with Gasteiger partial charge in [-0.3, -0.25) is 9.48 Å². The Morgan fingerprint density at radius 3 is 2.97 bits per heavy atom. The van der Waals surface area contributed by atoms with Crippen LogP contribution in [-0.2, 0) is 27.4 Å². The van der Waals surface area contributed by atoms with Crippen LogP contribution in [0.1, 0.15) is 39.3 Å². The minimum Gasteiger partial charge on any atom is -0.450 e. The summed E-state index contributed by atoms with van der Waals surface area (Å²) in [6.45, 7) is 7.32. The van der Waals surface area contributed by atoms with Gasteiger partial charge >= 0.3 is 6.09 Å². The summed E-state index contributed by atoms with van der Waals surface area (Å²) in [4.78, 5) is 28.0. The molecule has 0 aliphatic carbocycles. The number of aliphatic hydroxyl groups excluding tert-OH is 1. The van der Waals surface area contributed by atoms with Gasteiger partial charge in [0.1, 0.15) is 5.69 Å². The molecule has 10 heteroatoms. The van der Waals surface area contributed by atoms with Gasteiger partial charge in [0.2, 0.25) is 5.91 Å². The largest absolute Gasteiger partial charge is 0.450 e. The second-order valence-electron chi connectivity index (χ2n) is 7.56. The highest BCUT2D eigenvalue weighted by atomic mass is 16.6. The van der Waals surface area contributed by atoms with Crippen molar-refractivity contribution in [1.82, 2.24) is 24.8 Å². The first-order valence-electron chi connectivity index (χ1n) is 10.1. The van der Waals surface area contributed by atoms with Crippen molar-refractivity contribution in [3.05, 3.63) is 11.9 Å². The van der Waals surface area contributed by atoms with Crippen LogP contribution in [0.5, 0.6) is 0 Å². The van der Waals surface area contributed by atoms with Crippen molar-refractivity contribution in [3.8, 4) is 0 Å². The van der Waals surface area contributed by atoms with Crippen molar-refractivity contribution in [3.63, 3.8) is 0 Å². The number of rotatable bonds is 5. The van der Waals surface area contributed by atoms with E-state index in [0.717, 1.165) is 0 Å². The number of ether oxygens (including phenoxy) is 2. The molecule has 164 valence electrons. The SMILES string of the molecule is CCOC(=O)N(C)C[C@H]1OCc2cn(nn2)CCCC(=O)N([C@H](C)CO)C[C@@H]1C. The van der Waals surface area contributed by atoms with Crippen LogP contribution in [0.15, 0.2) is 6.20 Å². The van der Waals surface area contributed by atoms with Gasteiger partial charge in [0.15, 0.2) is 0 Å². The zero-order chi connectivity index (χ0) is 21.4. The lowest BCUT2D eigenvalue weighted by Crippen LogP contribution is -2.47. The van der Waals surface area contributed by atoms with E-state index in [4.69, 9.17) is 9.47 Å². The zero-order valence-electron chi connectivity index (χ0n) is 17.8. The summed E-state index contributed by atoms with van der Waals surface area (Å²) >= 11 is 0. The molecule has 0 radical (unpaired) electrons. The maximum absolute atomic E-state index is 12.8. The number of likely N-dealkylation sites (N-methyl/N-ethyl adjacent to an activating group) is 1. The van der Waals surface area contributed by atoms with E-state index in [9.17, 15) is 14.7 Å². The van der Waals surface area contributed by atoms with E-state index in [1.165, 1.54) is 4.90 Å². The third-order valence-electron chi connectivity index (χ3n) is 5.08. The average molecular weight is 412 g/mol. The molecule has 0 unspecified atom stereocenters. The van der Waals surface area contributed by atoms with Crippen LogP contribution in [0.3, 0.4) is 0 Å². The average Bonchev–Trinajstić information content (AvgIpc) is 3.15. The van der Waals surface area contributed by atoms with Gasteiger partial charge in [0, 0.05) is 32.5 Å². The number of hydrogen-bond donors (Lipinski definition) is 1. The van der Waals surface area contributed by atoms with E-state index in [2.05, 4.69) is 10.3 Å². The van der Waals surface area contributed by atoms with Crippen molar-refractivity contribution in [2.45, 2.75) is 58.9 Å². The zero-order valence-corrected chi connectivity index (χ0v) is 17.8. The van der Waals surface area contributed by atoms with Crippen LogP contribution in [0.4, 0.5) is 4.79 Å². The molecule has 1 aliphatic heterocycles. The number of amides is 2. The van der Waals surface area contributed by atoms with Gasteiger partial charge in [-0.2, -0.15) is 0 Å². The van der Waals surface area contributed by atoms with Crippen LogP contribution in [0.2, 0.25) is 0 Å². The third-order valence-corrected chi connectivity index (χ3v) is 5.08. The van der Waals surface area contributed by atoms with Crippen molar-refractivity contribution in [2.75, 3.05) is 33.4 Å². The first kappa shape index (κ1) is 23.1. The number of aliphatic hydroxyl groups is 1. The van der Waals surface area contributed by atoms with E-state index in [1.54, 1.807) is 23.6 Å². The van der Waals surface area contributed by atoms with Gasteiger partial charge in [-0.15, -0.1) is 5.10 Å². The lowest BCUT2D eigenvalue weighted by atomic mass is 10.0. The molecule has 29 heavy (non-hydrogen) atoms. The molecule has 0 spiro atoms. The highest BCUT2D eigenvalue weighted by Gasteiger charge is 2.29. The first-order chi connectivity index (χ1) is 13.8. The Morgan fingerprint density at radius 1 is 1.52 bits per heavy atom. The Labute approximate surface area is 171 Å². The maximum atomic E-state index is 12.8. The molecule has 1 aromatic rings. The lowest BCUT2D eigenvalue weighted by Gasteiger charge is -2.35. The Morgan fingerprint density at radius 2 is 2.28 bits per heavy atom. The number of aryl methyl sites for hydroxylation is 1. The fourth-order valence-corrected chi connectivity index (χ4v) is 3.27. The fourth-order valence-electron chi connectivity index (χ4n) is 3.27. The normalized spacial score (nSPS) is 22.2. The summed E-state index contributed by atoms with van der Waals surface area (Å²) in [5.41, 5.74) is 0.701. The Balaban J connectivity index is 2.21. The summed E-state index contributed by atoms with van der Waals surface area (Å²) in [5.74, 6) is -0.101. The molecule has 10 nitrogen and oxygen atoms in total. The number of hydrogen-bond acceptors (Lipinski definition) is 7. The quantitative estimate of drug-likeness (QED) is 0.766. The molecular formula is C19H33N5O5. The fraction of sp³-hybridized carbons (Fsp3) is 0.789. The molecule has 0 fully saturated rings. The van der Waals surface area contributed by atoms with Crippen molar-refractivity contribution in [1.29, 1.82) is 0 Å². The van der Waals surface area contributed by atoms with E-state index in [-0.39, 0.29) is 37.2 Å². The molecule has 0 saturated carbocycles. The molecule has 0 saturated heterocycles. The second-order valence-corrected chi connectivity index (χ2v) is 7.56. The number of fused-ring (bicyclic) bond motifs is 2. The Kier molecular flexibility index (Phi) is 8.84. The van der Waals surface area contributed by atoms with Gasteiger partial charge < -0.3 is 24.4 Å². The van der Waals surface area contributed by atoms with E-state index in [0.29, 0.717) is 44.8 Å². The van der Waals surface area contributed by atoms with Gasteiger partial charge in [-0.05, 0) is 20.3 Å². The van der Waals surface area contributed by atoms with Crippen LogP contribution in [0.25, 0.3) is 0 Å². The monoisotopic (exact) mass is 411 g/mol. The molecule has 2 amide bonds. The minimum absolute atomic E-state index is 0.0181. The lowest BCUT2D eigenvalue weighted by molar-refractivity contribution is -0.136. The highest BCUT2D eigenvalue weighted by Crippen LogP contribution is 2.17. The standard InChI is InChI=1S/C19H33N5O5/c1-5-28-19(27)22(4)11-17-14(2)9-24(15(3)12-25)18(26)7-6-8-23-10-16(13-29-17)20-21-23/h10,14-15,17,25H,5-9,11-13H2,1-4H3/t14-,15+,17+/m0/s1. The molecule has 1 N–H and O–H groups in total. The molecule has 2 bridgehead atoms. The van der Waals surface area contributed by atoms with Crippen LogP contribution in [0, 0.1) is 5.92 Å². The van der Waals surface area contributed by atoms with Crippen molar-refractivity contribution < 1.29 is 24.2 Å². The highest BCUT2D eigenvalue weighted by molar-refractivity contribution is 5.76. The van der Waals surface area contributed by atoms with Gasteiger partial charge in [-0.25, -0.2) is 4.79 Å². The number of aromatic nitrogens is 3. The van der Waals surface area contributed by atoms with Gasteiger partial charge in [0.05, 0.1) is 44.7 Å². The molecule has 0 aromatic carbocycles. The van der Waals surface area contributed by atoms with Crippen LogP contribution in [-0.4, -0.2) is 87.4 Å². The van der Waals surface area contributed by atoms with E-state index >= 15 is 0 Å². The number of carbonyl (C=O) groups is 2. The number of nitrogens with zero attached hydrogens (tertiary/aromatic N) is 5. The Hall–Kier alpha value is -2.20. The van der Waals surface area contributed by atoms with Crippen LogP contribution < -0.4 is 0 Å². The van der Waals surface area contributed by atoms with Crippen LogP contribution >= 0.6 is 0 Å².